The minimum atomic E-state index is -0.481. The Kier molecular flexibility index (Phi) is 7.83. The van der Waals surface area contributed by atoms with Crippen molar-refractivity contribution in [2.75, 3.05) is 18.7 Å². The lowest BCUT2D eigenvalue weighted by atomic mass is 10.1. The Labute approximate surface area is 224 Å². The normalized spacial score (nSPS) is 12.9. The minimum Gasteiger partial charge on any atom is -0.492 e. The molecule has 38 heavy (non-hydrogen) atoms. The van der Waals surface area contributed by atoms with Gasteiger partial charge in [-0.25, -0.2) is 4.98 Å². The zero-order valence-electron chi connectivity index (χ0n) is 21.3. The molecule has 1 amide bonds. The fourth-order valence-electron chi connectivity index (χ4n) is 4.28. The molecule has 0 bridgehead atoms. The lowest BCUT2D eigenvalue weighted by Crippen LogP contribution is -2.28. The lowest BCUT2D eigenvalue weighted by Gasteiger charge is -2.19. The molecule has 3 aromatic carbocycles. The highest BCUT2D eigenvalue weighted by atomic mass is 32.2. The van der Waals surface area contributed by atoms with Gasteiger partial charge in [0.1, 0.15) is 5.75 Å². The van der Waals surface area contributed by atoms with Crippen LogP contribution >= 0.6 is 11.8 Å². The number of nitrogens with one attached hydrogen (secondary N) is 1. The number of ether oxygens (including phenoxy) is 3. The number of hydrogen-bond acceptors (Lipinski definition) is 7. The summed E-state index contributed by atoms with van der Waals surface area (Å²) in [6, 6.07) is 20.7. The van der Waals surface area contributed by atoms with Crippen molar-refractivity contribution in [2.24, 2.45) is 0 Å². The maximum atomic E-state index is 13.7. The van der Waals surface area contributed by atoms with Crippen molar-refractivity contribution in [3.8, 4) is 17.2 Å². The van der Waals surface area contributed by atoms with Crippen molar-refractivity contribution in [2.45, 2.75) is 43.6 Å². The first kappa shape index (κ1) is 25.7. The second kappa shape index (κ2) is 11.6. The van der Waals surface area contributed by atoms with E-state index in [1.165, 1.54) is 11.8 Å². The number of thioether (sulfide) groups is 1. The van der Waals surface area contributed by atoms with Crippen molar-refractivity contribution in [3.05, 3.63) is 82.6 Å². The van der Waals surface area contributed by atoms with Crippen molar-refractivity contribution in [1.82, 2.24) is 9.55 Å². The predicted octanol–water partition coefficient (Wildman–Crippen LogP) is 5.28. The summed E-state index contributed by atoms with van der Waals surface area (Å²) in [4.78, 5) is 31.9. The molecule has 196 valence electrons. The van der Waals surface area contributed by atoms with Crippen molar-refractivity contribution in [3.63, 3.8) is 0 Å². The molecule has 1 N–H and O–H groups in total. The minimum absolute atomic E-state index is 0.108. The molecule has 0 fully saturated rings. The Morgan fingerprint density at radius 1 is 1.08 bits per heavy atom. The summed E-state index contributed by atoms with van der Waals surface area (Å²) >= 11 is 1.29. The molecule has 9 heteroatoms. The van der Waals surface area contributed by atoms with E-state index in [2.05, 4.69) is 5.32 Å². The number of anilines is 1. The van der Waals surface area contributed by atoms with Crippen molar-refractivity contribution < 1.29 is 19.0 Å². The summed E-state index contributed by atoms with van der Waals surface area (Å²) in [5.41, 5.74) is 2.05. The number of carbonyl (C=O) groups is 1. The zero-order valence-corrected chi connectivity index (χ0v) is 22.1. The molecule has 1 atom stereocenters. The molecular formula is C29H29N3O5S. The Morgan fingerprint density at radius 2 is 1.82 bits per heavy atom. The second-order valence-corrected chi connectivity index (χ2v) is 9.91. The number of benzene rings is 3. The Bertz CT molecular complexity index is 1510. The van der Waals surface area contributed by atoms with Gasteiger partial charge in [0, 0.05) is 12.6 Å². The number of aryl methyl sites for hydroxylation is 1. The van der Waals surface area contributed by atoms with E-state index in [0.29, 0.717) is 65.0 Å². The zero-order chi connectivity index (χ0) is 26.5. The van der Waals surface area contributed by atoms with Crippen LogP contribution in [0.3, 0.4) is 0 Å². The smallest absolute Gasteiger partial charge is 0.262 e. The van der Waals surface area contributed by atoms with Gasteiger partial charge in [-0.1, -0.05) is 61.2 Å². The first-order valence-corrected chi connectivity index (χ1v) is 13.5. The molecule has 0 saturated carbocycles. The third-order valence-corrected chi connectivity index (χ3v) is 7.59. The van der Waals surface area contributed by atoms with Gasteiger partial charge in [-0.15, -0.1) is 0 Å². The van der Waals surface area contributed by atoms with Crippen LogP contribution in [-0.2, 0) is 17.8 Å². The molecule has 0 spiro atoms. The van der Waals surface area contributed by atoms with Crippen LogP contribution in [0.1, 0.15) is 25.8 Å². The predicted molar refractivity (Wildman–Crippen MR) is 148 cm³/mol. The number of fused-ring (bicyclic) bond motifs is 2. The SMILES string of the molecule is CCOc1ccccc1NC(=O)C(CC)Sc1nc2cc3c(cc2c(=O)n1CCc1ccccc1)OCO3. The van der Waals surface area contributed by atoms with Gasteiger partial charge < -0.3 is 19.5 Å². The maximum absolute atomic E-state index is 13.7. The van der Waals surface area contributed by atoms with Crippen LogP contribution in [0.4, 0.5) is 5.69 Å². The first-order chi connectivity index (χ1) is 18.6. The third kappa shape index (κ3) is 5.47. The quantitative estimate of drug-likeness (QED) is 0.220. The van der Waals surface area contributed by atoms with E-state index >= 15 is 0 Å². The number of para-hydroxylation sites is 2. The molecule has 0 aliphatic carbocycles. The van der Waals surface area contributed by atoms with Crippen molar-refractivity contribution >= 4 is 34.3 Å². The fraction of sp³-hybridized carbons (Fsp3) is 0.276. The average Bonchev–Trinajstić information content (AvgIpc) is 3.39. The number of carbonyl (C=O) groups excluding carboxylic acids is 1. The molecule has 5 rings (SSSR count). The maximum Gasteiger partial charge on any atom is 0.262 e. The summed E-state index contributed by atoms with van der Waals surface area (Å²) in [5.74, 6) is 1.52. The van der Waals surface area contributed by atoms with Crippen LogP contribution in [0.5, 0.6) is 17.2 Å². The van der Waals surface area contributed by atoms with Gasteiger partial charge in [0.2, 0.25) is 12.7 Å². The summed E-state index contributed by atoms with van der Waals surface area (Å²) in [7, 11) is 0. The van der Waals surface area contributed by atoms with E-state index in [9.17, 15) is 9.59 Å². The third-order valence-electron chi connectivity index (χ3n) is 6.24. The second-order valence-electron chi connectivity index (χ2n) is 8.74. The number of rotatable bonds is 10. The Hall–Kier alpha value is -3.98. The number of nitrogens with zero attached hydrogens (tertiary/aromatic N) is 2. The fourth-order valence-corrected chi connectivity index (χ4v) is 5.32. The molecule has 1 unspecified atom stereocenters. The van der Waals surface area contributed by atoms with Gasteiger partial charge in [0.25, 0.3) is 5.56 Å². The molecular weight excluding hydrogens is 502 g/mol. The van der Waals surface area contributed by atoms with Gasteiger partial charge in [-0.2, -0.15) is 0 Å². The van der Waals surface area contributed by atoms with Crippen LogP contribution in [0, 0.1) is 0 Å². The lowest BCUT2D eigenvalue weighted by molar-refractivity contribution is -0.115. The summed E-state index contributed by atoms with van der Waals surface area (Å²) < 4.78 is 18.3. The molecule has 0 radical (unpaired) electrons. The van der Waals surface area contributed by atoms with E-state index < -0.39 is 5.25 Å². The Balaban J connectivity index is 1.48. The van der Waals surface area contributed by atoms with Crippen LogP contribution in [0.15, 0.2) is 76.7 Å². The molecule has 4 aromatic rings. The Morgan fingerprint density at radius 3 is 2.58 bits per heavy atom. The van der Waals surface area contributed by atoms with Crippen LogP contribution < -0.4 is 25.1 Å². The number of aromatic nitrogens is 2. The number of hydrogen-bond donors (Lipinski definition) is 1. The largest absolute Gasteiger partial charge is 0.492 e. The highest BCUT2D eigenvalue weighted by Gasteiger charge is 2.24. The van der Waals surface area contributed by atoms with E-state index in [-0.39, 0.29) is 18.3 Å². The van der Waals surface area contributed by atoms with Gasteiger partial charge in [-0.05, 0) is 43.5 Å². The topological polar surface area (TPSA) is 91.7 Å². The summed E-state index contributed by atoms with van der Waals surface area (Å²) in [6.07, 6.45) is 1.19. The highest BCUT2D eigenvalue weighted by Crippen LogP contribution is 2.36. The molecule has 1 aliphatic rings. The van der Waals surface area contributed by atoms with Crippen LogP contribution in [0.25, 0.3) is 10.9 Å². The van der Waals surface area contributed by atoms with Crippen molar-refractivity contribution in [1.29, 1.82) is 0 Å². The molecule has 2 heterocycles. The van der Waals surface area contributed by atoms with Gasteiger partial charge in [-0.3, -0.25) is 14.2 Å². The van der Waals surface area contributed by atoms with Gasteiger partial charge >= 0.3 is 0 Å². The van der Waals surface area contributed by atoms with Gasteiger partial charge in [0.05, 0.1) is 28.4 Å². The molecule has 8 nitrogen and oxygen atoms in total. The molecule has 0 saturated heterocycles. The van der Waals surface area contributed by atoms with E-state index in [1.54, 1.807) is 16.7 Å². The van der Waals surface area contributed by atoms with Crippen LogP contribution in [-0.4, -0.2) is 34.1 Å². The summed E-state index contributed by atoms with van der Waals surface area (Å²) in [5, 5.41) is 3.45. The highest BCUT2D eigenvalue weighted by molar-refractivity contribution is 8.00. The molecule has 1 aromatic heterocycles. The standard InChI is InChI=1S/C29H29N3O5S/c1-3-26(27(33)30-21-12-8-9-13-23(21)35-4-2)38-29-31-22-17-25-24(36-18-37-25)16-20(22)28(34)32(29)15-14-19-10-6-5-7-11-19/h5-13,16-17,26H,3-4,14-15,18H2,1-2H3,(H,30,33). The average molecular weight is 532 g/mol. The van der Waals surface area contributed by atoms with Crippen LogP contribution in [0.2, 0.25) is 0 Å². The summed E-state index contributed by atoms with van der Waals surface area (Å²) in [6.45, 7) is 4.86. The first-order valence-electron chi connectivity index (χ1n) is 12.6. The van der Waals surface area contributed by atoms with Gasteiger partial charge in [0.15, 0.2) is 16.7 Å². The monoisotopic (exact) mass is 531 g/mol. The van der Waals surface area contributed by atoms with E-state index in [1.807, 2.05) is 68.4 Å². The van der Waals surface area contributed by atoms with E-state index in [4.69, 9.17) is 19.2 Å². The number of amides is 1. The van der Waals surface area contributed by atoms with E-state index in [0.717, 1.165) is 5.56 Å². The molecule has 1 aliphatic heterocycles.